The SMILES string of the molecule is NCCN1CCCN(c2ncc(Br)cn2)CC1. The van der Waals surface area contributed by atoms with E-state index in [2.05, 4.69) is 35.7 Å². The number of nitrogens with two attached hydrogens (primary N) is 1. The summed E-state index contributed by atoms with van der Waals surface area (Å²) in [6, 6.07) is 0. The maximum Gasteiger partial charge on any atom is 0.225 e. The molecule has 0 saturated carbocycles. The number of hydrogen-bond acceptors (Lipinski definition) is 5. The van der Waals surface area contributed by atoms with E-state index in [-0.39, 0.29) is 0 Å². The minimum atomic E-state index is 0.731. The van der Waals surface area contributed by atoms with Crippen LogP contribution in [0.4, 0.5) is 5.95 Å². The zero-order chi connectivity index (χ0) is 12.1. The lowest BCUT2D eigenvalue weighted by Gasteiger charge is -2.21. The minimum Gasteiger partial charge on any atom is -0.339 e. The Morgan fingerprint density at radius 2 is 1.94 bits per heavy atom. The Morgan fingerprint density at radius 3 is 2.65 bits per heavy atom. The summed E-state index contributed by atoms with van der Waals surface area (Å²) in [5.74, 6) is 0.822. The molecular weight excluding hydrogens is 282 g/mol. The van der Waals surface area contributed by atoms with Gasteiger partial charge in [0.2, 0.25) is 5.95 Å². The van der Waals surface area contributed by atoms with Gasteiger partial charge in [0.05, 0.1) is 4.47 Å². The molecule has 1 aliphatic rings. The van der Waals surface area contributed by atoms with Gasteiger partial charge in [0.1, 0.15) is 0 Å². The largest absolute Gasteiger partial charge is 0.339 e. The van der Waals surface area contributed by atoms with Crippen molar-refractivity contribution in [2.24, 2.45) is 5.73 Å². The van der Waals surface area contributed by atoms with Crippen LogP contribution in [0.1, 0.15) is 6.42 Å². The number of aromatic nitrogens is 2. The van der Waals surface area contributed by atoms with E-state index < -0.39 is 0 Å². The van der Waals surface area contributed by atoms with Crippen LogP contribution in [0, 0.1) is 0 Å². The first kappa shape index (κ1) is 12.7. The van der Waals surface area contributed by atoms with Crippen LogP contribution in [-0.2, 0) is 0 Å². The minimum absolute atomic E-state index is 0.731. The smallest absolute Gasteiger partial charge is 0.225 e. The van der Waals surface area contributed by atoms with Crippen molar-refractivity contribution in [1.29, 1.82) is 0 Å². The van der Waals surface area contributed by atoms with E-state index in [1.165, 1.54) is 0 Å². The number of rotatable bonds is 3. The summed E-state index contributed by atoms with van der Waals surface area (Å²) in [4.78, 5) is 13.3. The van der Waals surface area contributed by atoms with Gasteiger partial charge in [-0.15, -0.1) is 0 Å². The topological polar surface area (TPSA) is 58.3 Å². The Kier molecular flexibility index (Phi) is 4.70. The Labute approximate surface area is 110 Å². The van der Waals surface area contributed by atoms with Crippen molar-refractivity contribution in [2.75, 3.05) is 44.2 Å². The number of hydrogen-bond donors (Lipinski definition) is 1. The highest BCUT2D eigenvalue weighted by atomic mass is 79.9. The van der Waals surface area contributed by atoms with Gasteiger partial charge in [-0.3, -0.25) is 0 Å². The van der Waals surface area contributed by atoms with Gasteiger partial charge < -0.3 is 15.5 Å². The second-order valence-electron chi connectivity index (χ2n) is 4.17. The molecule has 0 radical (unpaired) electrons. The van der Waals surface area contributed by atoms with Crippen LogP contribution < -0.4 is 10.6 Å². The van der Waals surface area contributed by atoms with Crippen molar-refractivity contribution < 1.29 is 0 Å². The molecule has 94 valence electrons. The molecule has 1 fully saturated rings. The molecule has 5 nitrogen and oxygen atoms in total. The third kappa shape index (κ3) is 3.62. The van der Waals surface area contributed by atoms with Crippen LogP contribution in [0.2, 0.25) is 0 Å². The lowest BCUT2D eigenvalue weighted by Crippen LogP contribution is -2.34. The molecule has 1 aliphatic heterocycles. The van der Waals surface area contributed by atoms with Gasteiger partial charge in [-0.2, -0.15) is 0 Å². The molecule has 0 atom stereocenters. The molecule has 0 amide bonds. The first-order valence-electron chi connectivity index (χ1n) is 5.94. The third-order valence-electron chi connectivity index (χ3n) is 2.92. The van der Waals surface area contributed by atoms with Crippen LogP contribution in [0.3, 0.4) is 0 Å². The van der Waals surface area contributed by atoms with Crippen molar-refractivity contribution in [2.45, 2.75) is 6.42 Å². The molecule has 6 heteroatoms. The molecule has 0 unspecified atom stereocenters. The zero-order valence-corrected chi connectivity index (χ0v) is 11.4. The predicted octanol–water partition coefficient (Wildman–Crippen LogP) is 0.710. The van der Waals surface area contributed by atoms with Crippen molar-refractivity contribution in [3.8, 4) is 0 Å². The summed E-state index contributed by atoms with van der Waals surface area (Å²) in [6.45, 7) is 5.86. The fourth-order valence-corrected chi connectivity index (χ4v) is 2.25. The maximum atomic E-state index is 5.59. The summed E-state index contributed by atoms with van der Waals surface area (Å²) in [6.07, 6.45) is 4.73. The van der Waals surface area contributed by atoms with Gasteiger partial charge in [-0.05, 0) is 28.9 Å². The van der Waals surface area contributed by atoms with Crippen LogP contribution in [-0.4, -0.2) is 54.1 Å². The lowest BCUT2D eigenvalue weighted by atomic mass is 10.4. The first-order valence-corrected chi connectivity index (χ1v) is 6.74. The standard InChI is InChI=1S/C11H18BrN5/c12-10-8-14-11(15-9-10)17-4-1-3-16(5-2-13)6-7-17/h8-9H,1-7,13H2. The number of nitrogens with zero attached hydrogens (tertiary/aromatic N) is 4. The Hall–Kier alpha value is -0.720. The van der Waals surface area contributed by atoms with Gasteiger partial charge in [-0.1, -0.05) is 0 Å². The summed E-state index contributed by atoms with van der Waals surface area (Å²) in [5.41, 5.74) is 5.59. The molecule has 0 aromatic carbocycles. The van der Waals surface area contributed by atoms with Crippen LogP contribution in [0.25, 0.3) is 0 Å². The third-order valence-corrected chi connectivity index (χ3v) is 3.33. The fraction of sp³-hybridized carbons (Fsp3) is 0.636. The Bertz CT molecular complexity index is 342. The summed E-state index contributed by atoms with van der Waals surface area (Å²) < 4.78 is 0.917. The van der Waals surface area contributed by atoms with Gasteiger partial charge in [0, 0.05) is 45.1 Å². The molecule has 2 N–H and O–H groups in total. The van der Waals surface area contributed by atoms with Crippen molar-refractivity contribution in [3.63, 3.8) is 0 Å². The Balaban J connectivity index is 1.96. The van der Waals surface area contributed by atoms with Crippen molar-refractivity contribution in [3.05, 3.63) is 16.9 Å². The maximum absolute atomic E-state index is 5.59. The molecule has 0 aliphatic carbocycles. The second-order valence-corrected chi connectivity index (χ2v) is 5.09. The normalized spacial score (nSPS) is 18.1. The van der Waals surface area contributed by atoms with Crippen LogP contribution >= 0.6 is 15.9 Å². The van der Waals surface area contributed by atoms with Gasteiger partial charge in [0.15, 0.2) is 0 Å². The summed E-state index contributed by atoms with van der Waals surface area (Å²) >= 11 is 3.35. The average molecular weight is 300 g/mol. The highest BCUT2D eigenvalue weighted by Crippen LogP contribution is 2.13. The number of anilines is 1. The van der Waals surface area contributed by atoms with Gasteiger partial charge in [0.25, 0.3) is 0 Å². The predicted molar refractivity (Wildman–Crippen MR) is 72.1 cm³/mol. The first-order chi connectivity index (χ1) is 8.29. The quantitative estimate of drug-likeness (QED) is 0.891. The molecule has 1 aromatic rings. The van der Waals surface area contributed by atoms with E-state index in [0.717, 1.165) is 56.1 Å². The van der Waals surface area contributed by atoms with Crippen LogP contribution in [0.5, 0.6) is 0 Å². The average Bonchev–Trinajstić information content (AvgIpc) is 2.56. The molecule has 1 aromatic heterocycles. The summed E-state index contributed by atoms with van der Waals surface area (Å²) in [7, 11) is 0. The van der Waals surface area contributed by atoms with Crippen molar-refractivity contribution in [1.82, 2.24) is 14.9 Å². The number of halogens is 1. The summed E-state index contributed by atoms with van der Waals surface area (Å²) in [5, 5.41) is 0. The molecular formula is C11H18BrN5. The molecule has 17 heavy (non-hydrogen) atoms. The fourth-order valence-electron chi connectivity index (χ4n) is 2.05. The van der Waals surface area contributed by atoms with E-state index in [0.29, 0.717) is 0 Å². The lowest BCUT2D eigenvalue weighted by molar-refractivity contribution is 0.302. The molecule has 0 spiro atoms. The van der Waals surface area contributed by atoms with E-state index >= 15 is 0 Å². The monoisotopic (exact) mass is 299 g/mol. The molecule has 0 bridgehead atoms. The van der Waals surface area contributed by atoms with Crippen LogP contribution in [0.15, 0.2) is 16.9 Å². The zero-order valence-electron chi connectivity index (χ0n) is 9.85. The van der Waals surface area contributed by atoms with Crippen molar-refractivity contribution >= 4 is 21.9 Å². The van der Waals surface area contributed by atoms with E-state index in [4.69, 9.17) is 5.73 Å². The van der Waals surface area contributed by atoms with E-state index in [1.54, 1.807) is 12.4 Å². The highest BCUT2D eigenvalue weighted by molar-refractivity contribution is 9.10. The van der Waals surface area contributed by atoms with Gasteiger partial charge >= 0.3 is 0 Å². The molecule has 2 rings (SSSR count). The highest BCUT2D eigenvalue weighted by Gasteiger charge is 2.15. The molecule has 1 saturated heterocycles. The van der Waals surface area contributed by atoms with E-state index in [1.807, 2.05) is 0 Å². The molecule has 2 heterocycles. The van der Waals surface area contributed by atoms with E-state index in [9.17, 15) is 0 Å². The van der Waals surface area contributed by atoms with Gasteiger partial charge in [-0.25, -0.2) is 9.97 Å². The Morgan fingerprint density at radius 1 is 1.18 bits per heavy atom. The second kappa shape index (κ2) is 6.28.